The first-order valence-electron chi connectivity index (χ1n) is 5.08. The molecule has 1 rings (SSSR count). The molecule has 0 heterocycles. The van der Waals surface area contributed by atoms with E-state index in [1.165, 1.54) is 24.3 Å². The van der Waals surface area contributed by atoms with Crippen LogP contribution in [0.5, 0.6) is 0 Å². The van der Waals surface area contributed by atoms with E-state index in [9.17, 15) is 26.4 Å². The summed E-state index contributed by atoms with van der Waals surface area (Å²) in [5.74, 6) is -2.46. The van der Waals surface area contributed by atoms with Gasteiger partial charge in [-0.1, -0.05) is 30.3 Å². The van der Waals surface area contributed by atoms with Gasteiger partial charge < -0.3 is 0 Å². The lowest BCUT2D eigenvalue weighted by molar-refractivity contribution is -0.211. The number of rotatable bonds is 5. The van der Waals surface area contributed by atoms with E-state index in [4.69, 9.17) is 0 Å². The van der Waals surface area contributed by atoms with Crippen molar-refractivity contribution >= 4 is 16.3 Å². The van der Waals surface area contributed by atoms with E-state index in [2.05, 4.69) is 8.47 Å². The SMILES string of the molecule is COS(=O)(=O)ON(Cc1ccccc1)C(=O)C(F)(F)F. The molecule has 0 radical (unpaired) electrons. The Morgan fingerprint density at radius 2 is 1.80 bits per heavy atom. The van der Waals surface area contributed by atoms with Crippen molar-refractivity contribution in [2.75, 3.05) is 7.11 Å². The first kappa shape index (κ1) is 16.4. The molecule has 1 aromatic rings. The zero-order valence-electron chi connectivity index (χ0n) is 10.1. The van der Waals surface area contributed by atoms with E-state index in [1.54, 1.807) is 6.07 Å². The Hall–Kier alpha value is -1.65. The van der Waals surface area contributed by atoms with Gasteiger partial charge in [0.25, 0.3) is 0 Å². The molecule has 10 heteroatoms. The van der Waals surface area contributed by atoms with Crippen LogP contribution in [0, 0.1) is 0 Å². The fraction of sp³-hybridized carbons (Fsp3) is 0.300. The van der Waals surface area contributed by atoms with Gasteiger partial charge in [-0.25, -0.2) is 0 Å². The van der Waals surface area contributed by atoms with Crippen LogP contribution in [0.1, 0.15) is 5.56 Å². The zero-order chi connectivity index (χ0) is 15.4. The summed E-state index contributed by atoms with van der Waals surface area (Å²) >= 11 is 0. The summed E-state index contributed by atoms with van der Waals surface area (Å²) in [5, 5.41) is -0.325. The molecule has 0 saturated carbocycles. The van der Waals surface area contributed by atoms with Crippen LogP contribution in [0.25, 0.3) is 0 Å². The quantitative estimate of drug-likeness (QED) is 0.768. The maximum atomic E-state index is 12.4. The number of hydrogen-bond donors (Lipinski definition) is 0. The Labute approximate surface area is 113 Å². The predicted octanol–water partition coefficient (Wildman–Crippen LogP) is 1.40. The Bertz CT molecular complexity index is 558. The largest absolute Gasteiger partial charge is 0.473 e. The molecule has 0 spiro atoms. The van der Waals surface area contributed by atoms with Crippen molar-refractivity contribution in [3.05, 3.63) is 35.9 Å². The van der Waals surface area contributed by atoms with E-state index in [-0.39, 0.29) is 10.6 Å². The molecule has 1 aromatic carbocycles. The monoisotopic (exact) mass is 313 g/mol. The van der Waals surface area contributed by atoms with E-state index < -0.39 is 29.0 Å². The number of benzene rings is 1. The summed E-state index contributed by atoms with van der Waals surface area (Å²) in [6.07, 6.45) is -5.28. The van der Waals surface area contributed by atoms with Crippen molar-refractivity contribution < 1.29 is 34.9 Å². The second-order valence-electron chi connectivity index (χ2n) is 3.47. The molecule has 0 N–H and O–H groups in total. The summed E-state index contributed by atoms with van der Waals surface area (Å²) in [4.78, 5) is 11.1. The molecule has 6 nitrogen and oxygen atoms in total. The maximum absolute atomic E-state index is 12.4. The molecule has 0 fully saturated rings. The van der Waals surface area contributed by atoms with Gasteiger partial charge in [0.1, 0.15) is 0 Å². The fourth-order valence-corrected chi connectivity index (χ4v) is 1.56. The standard InChI is InChI=1S/C10H10F3NO5S/c1-18-20(16,17)19-14(9(15)10(11,12)13)7-8-5-3-2-4-6-8/h2-6H,7H2,1H3. The van der Waals surface area contributed by atoms with Crippen molar-refractivity contribution in [1.29, 1.82) is 0 Å². The van der Waals surface area contributed by atoms with E-state index in [1.807, 2.05) is 0 Å². The summed E-state index contributed by atoms with van der Waals surface area (Å²) in [6, 6.07) is 7.43. The van der Waals surface area contributed by atoms with Crippen molar-refractivity contribution in [3.63, 3.8) is 0 Å². The Kier molecular flexibility index (Phi) is 5.09. The van der Waals surface area contributed by atoms with Crippen LogP contribution in [0.15, 0.2) is 30.3 Å². The van der Waals surface area contributed by atoms with Crippen molar-refractivity contribution in [3.8, 4) is 0 Å². The van der Waals surface area contributed by atoms with Gasteiger partial charge in [-0.2, -0.15) is 26.7 Å². The van der Waals surface area contributed by atoms with Gasteiger partial charge in [0.05, 0.1) is 13.7 Å². The third-order valence-corrected chi connectivity index (χ3v) is 2.79. The minimum atomic E-state index is -5.28. The second kappa shape index (κ2) is 6.20. The van der Waals surface area contributed by atoms with Gasteiger partial charge in [0.2, 0.25) is 0 Å². The number of alkyl halides is 3. The summed E-state index contributed by atoms with van der Waals surface area (Å²) in [7, 11) is -4.05. The molecule has 0 aliphatic rings. The highest BCUT2D eigenvalue weighted by atomic mass is 32.3. The molecule has 0 aliphatic carbocycles. The molecule has 20 heavy (non-hydrogen) atoms. The van der Waals surface area contributed by atoms with E-state index in [0.717, 1.165) is 0 Å². The molecule has 0 saturated heterocycles. The van der Waals surface area contributed by atoms with Gasteiger partial charge in [0.15, 0.2) is 0 Å². The predicted molar refractivity (Wildman–Crippen MR) is 60.1 cm³/mol. The zero-order valence-corrected chi connectivity index (χ0v) is 10.9. The van der Waals surface area contributed by atoms with Gasteiger partial charge in [-0.05, 0) is 5.56 Å². The average Bonchev–Trinajstić information content (AvgIpc) is 2.37. The first-order valence-corrected chi connectivity index (χ1v) is 6.42. The summed E-state index contributed by atoms with van der Waals surface area (Å²) < 4.78 is 67.0. The van der Waals surface area contributed by atoms with Crippen molar-refractivity contribution in [1.82, 2.24) is 5.06 Å². The number of nitrogens with zero attached hydrogens (tertiary/aromatic N) is 1. The number of amides is 1. The normalized spacial score (nSPS) is 12.2. The van der Waals surface area contributed by atoms with Gasteiger partial charge >= 0.3 is 22.5 Å². The number of halogens is 3. The lowest BCUT2D eigenvalue weighted by Crippen LogP contribution is -2.42. The van der Waals surface area contributed by atoms with Crippen molar-refractivity contribution in [2.45, 2.75) is 12.7 Å². The summed E-state index contributed by atoms with van der Waals surface area (Å²) in [5.41, 5.74) is 0.247. The lowest BCUT2D eigenvalue weighted by Gasteiger charge is -2.21. The highest BCUT2D eigenvalue weighted by molar-refractivity contribution is 7.81. The summed E-state index contributed by atoms with van der Waals surface area (Å²) in [6.45, 7) is -0.707. The van der Waals surface area contributed by atoms with Crippen LogP contribution >= 0.6 is 0 Å². The van der Waals surface area contributed by atoms with Gasteiger partial charge in [0, 0.05) is 0 Å². The molecular weight excluding hydrogens is 303 g/mol. The van der Waals surface area contributed by atoms with Crippen LogP contribution in [-0.2, 0) is 30.2 Å². The van der Waals surface area contributed by atoms with Gasteiger partial charge in [-0.3, -0.25) is 8.98 Å². The maximum Gasteiger partial charge on any atom is 0.473 e. The van der Waals surface area contributed by atoms with E-state index in [0.29, 0.717) is 7.11 Å². The fourth-order valence-electron chi connectivity index (χ4n) is 1.16. The number of carbonyl (C=O) groups is 1. The first-order chi connectivity index (χ1) is 9.15. The lowest BCUT2D eigenvalue weighted by atomic mass is 10.2. The molecule has 0 bridgehead atoms. The number of carbonyl (C=O) groups excluding carboxylic acids is 1. The van der Waals surface area contributed by atoms with Crippen LogP contribution < -0.4 is 0 Å². The molecule has 112 valence electrons. The topological polar surface area (TPSA) is 72.9 Å². The van der Waals surface area contributed by atoms with Crippen LogP contribution in [0.3, 0.4) is 0 Å². The molecule has 1 amide bonds. The smallest absolute Gasteiger partial charge is 0.262 e. The third-order valence-electron chi connectivity index (χ3n) is 2.02. The second-order valence-corrected chi connectivity index (χ2v) is 4.77. The molecular formula is C10H10F3NO5S. The minimum Gasteiger partial charge on any atom is -0.262 e. The van der Waals surface area contributed by atoms with Crippen LogP contribution in [0.4, 0.5) is 13.2 Å². The Balaban J connectivity index is 2.99. The molecule has 0 aliphatic heterocycles. The Morgan fingerprint density at radius 1 is 1.25 bits per heavy atom. The molecule has 0 aromatic heterocycles. The number of hydroxylamine groups is 2. The van der Waals surface area contributed by atoms with Crippen molar-refractivity contribution in [2.24, 2.45) is 0 Å². The third kappa shape index (κ3) is 4.79. The van der Waals surface area contributed by atoms with Gasteiger partial charge in [-0.15, -0.1) is 4.28 Å². The Morgan fingerprint density at radius 3 is 2.25 bits per heavy atom. The molecule has 0 atom stereocenters. The number of hydrogen-bond acceptors (Lipinski definition) is 5. The van der Waals surface area contributed by atoms with Crippen LogP contribution in [-0.4, -0.2) is 32.7 Å². The highest BCUT2D eigenvalue weighted by Crippen LogP contribution is 2.21. The minimum absolute atomic E-state index is 0.247. The highest BCUT2D eigenvalue weighted by Gasteiger charge is 2.45. The van der Waals surface area contributed by atoms with Crippen LogP contribution in [0.2, 0.25) is 0 Å². The molecule has 0 unspecified atom stereocenters. The van der Waals surface area contributed by atoms with E-state index >= 15 is 0 Å². The average molecular weight is 313 g/mol.